The van der Waals surface area contributed by atoms with Gasteiger partial charge in [0.25, 0.3) is 0 Å². The number of esters is 2. The van der Waals surface area contributed by atoms with E-state index in [2.05, 4.69) is 5.32 Å². The van der Waals surface area contributed by atoms with Crippen molar-refractivity contribution in [2.24, 2.45) is 5.92 Å². The molecule has 3 aromatic carbocycles. The smallest absolute Gasteiger partial charge is 0.324 e. The van der Waals surface area contributed by atoms with Crippen LogP contribution in [0.5, 0.6) is 0 Å². The zero-order valence-corrected chi connectivity index (χ0v) is 27.9. The summed E-state index contributed by atoms with van der Waals surface area (Å²) in [6.45, 7) is 5.40. The zero-order valence-electron chi connectivity index (χ0n) is 27.1. The maximum atomic E-state index is 14.0. The van der Waals surface area contributed by atoms with E-state index in [-0.39, 0.29) is 18.3 Å². The SMILES string of the molecule is CC(=CSCCC(=O)OCC(C)C)C1C(NC(=O)C(C(=O)OC(c2ccccc2)c2ccccc2)c2ccccc2)C(=O)N1CC(=O)O. The Kier molecular flexibility index (Phi) is 13.0. The summed E-state index contributed by atoms with van der Waals surface area (Å²) < 4.78 is 11.3. The number of amides is 2. The van der Waals surface area contributed by atoms with Crippen LogP contribution in [0.1, 0.15) is 55.9 Å². The normalized spacial score (nSPS) is 16.6. The van der Waals surface area contributed by atoms with Crippen molar-refractivity contribution in [3.05, 3.63) is 119 Å². The third kappa shape index (κ3) is 9.57. The van der Waals surface area contributed by atoms with Gasteiger partial charge in [-0.05, 0) is 40.5 Å². The largest absolute Gasteiger partial charge is 0.480 e. The number of carboxylic acids is 1. The van der Waals surface area contributed by atoms with Gasteiger partial charge in [0, 0.05) is 5.75 Å². The molecule has 0 radical (unpaired) electrons. The number of nitrogens with zero attached hydrogens (tertiary/aromatic N) is 1. The number of likely N-dealkylation sites (tertiary alicyclic amines) is 1. The van der Waals surface area contributed by atoms with Crippen LogP contribution in [-0.2, 0) is 33.4 Å². The summed E-state index contributed by atoms with van der Waals surface area (Å²) in [7, 11) is 0. The van der Waals surface area contributed by atoms with Gasteiger partial charge in [0.1, 0.15) is 12.6 Å². The quantitative estimate of drug-likeness (QED) is 0.0920. The summed E-state index contributed by atoms with van der Waals surface area (Å²) in [5.74, 6) is -4.45. The molecule has 1 heterocycles. The van der Waals surface area contributed by atoms with Gasteiger partial charge in [0.2, 0.25) is 11.8 Å². The first-order valence-corrected chi connectivity index (χ1v) is 16.7. The molecule has 3 aromatic rings. The second-order valence-corrected chi connectivity index (χ2v) is 12.8. The van der Waals surface area contributed by atoms with Crippen molar-refractivity contribution in [2.45, 2.75) is 51.3 Å². The van der Waals surface area contributed by atoms with Crippen molar-refractivity contribution in [2.75, 3.05) is 18.9 Å². The molecule has 252 valence electrons. The fourth-order valence-electron chi connectivity index (χ4n) is 5.30. The topological polar surface area (TPSA) is 139 Å². The Balaban J connectivity index is 1.54. The van der Waals surface area contributed by atoms with E-state index >= 15 is 0 Å². The van der Waals surface area contributed by atoms with E-state index in [1.54, 1.807) is 42.7 Å². The number of hydrogen-bond acceptors (Lipinski definition) is 8. The van der Waals surface area contributed by atoms with E-state index in [0.29, 0.717) is 34.6 Å². The lowest BCUT2D eigenvalue weighted by Gasteiger charge is -2.47. The van der Waals surface area contributed by atoms with E-state index in [1.165, 1.54) is 11.8 Å². The Morgan fingerprint density at radius 3 is 1.96 bits per heavy atom. The minimum atomic E-state index is -1.42. The van der Waals surface area contributed by atoms with Crippen LogP contribution in [0, 0.1) is 5.92 Å². The molecule has 1 aliphatic rings. The molecule has 2 amide bonds. The molecular weight excluding hydrogens is 632 g/mol. The minimum Gasteiger partial charge on any atom is -0.480 e. The van der Waals surface area contributed by atoms with Crippen molar-refractivity contribution in [3.8, 4) is 0 Å². The number of carbonyl (C=O) groups is 5. The first-order valence-electron chi connectivity index (χ1n) is 15.7. The number of ether oxygens (including phenoxy) is 2. The number of aliphatic carboxylic acids is 1. The molecule has 3 atom stereocenters. The molecule has 4 rings (SSSR count). The van der Waals surface area contributed by atoms with Crippen molar-refractivity contribution in [1.82, 2.24) is 10.2 Å². The monoisotopic (exact) mass is 672 g/mol. The van der Waals surface area contributed by atoms with Crippen LogP contribution in [-0.4, -0.2) is 70.7 Å². The maximum Gasteiger partial charge on any atom is 0.324 e. The second-order valence-electron chi connectivity index (χ2n) is 11.8. The molecular formula is C37H40N2O8S. The Labute approximate surface area is 284 Å². The van der Waals surface area contributed by atoms with Crippen LogP contribution in [0.25, 0.3) is 0 Å². The molecule has 1 saturated heterocycles. The van der Waals surface area contributed by atoms with Gasteiger partial charge >= 0.3 is 17.9 Å². The number of benzene rings is 3. The lowest BCUT2D eigenvalue weighted by Crippen LogP contribution is -2.72. The third-order valence-electron chi connectivity index (χ3n) is 7.61. The maximum absolute atomic E-state index is 14.0. The van der Waals surface area contributed by atoms with Crippen molar-refractivity contribution >= 4 is 41.5 Å². The molecule has 0 aliphatic carbocycles. The van der Waals surface area contributed by atoms with Crippen LogP contribution in [0.2, 0.25) is 0 Å². The average molecular weight is 673 g/mol. The molecule has 48 heavy (non-hydrogen) atoms. The molecule has 1 aliphatic heterocycles. The van der Waals surface area contributed by atoms with Crippen LogP contribution in [0.4, 0.5) is 0 Å². The van der Waals surface area contributed by atoms with Gasteiger partial charge < -0.3 is 24.8 Å². The molecule has 2 N–H and O–H groups in total. The van der Waals surface area contributed by atoms with Crippen LogP contribution >= 0.6 is 11.8 Å². The molecule has 0 aromatic heterocycles. The van der Waals surface area contributed by atoms with Crippen molar-refractivity contribution in [3.63, 3.8) is 0 Å². The highest BCUT2D eigenvalue weighted by molar-refractivity contribution is 8.02. The van der Waals surface area contributed by atoms with Crippen LogP contribution < -0.4 is 5.32 Å². The summed E-state index contributed by atoms with van der Waals surface area (Å²) in [5.41, 5.74) is 2.43. The first kappa shape index (κ1) is 35.9. The van der Waals surface area contributed by atoms with E-state index in [0.717, 1.165) is 4.90 Å². The highest BCUT2D eigenvalue weighted by atomic mass is 32.2. The first-order chi connectivity index (χ1) is 23.1. The van der Waals surface area contributed by atoms with Gasteiger partial charge in [-0.2, -0.15) is 0 Å². The van der Waals surface area contributed by atoms with Gasteiger partial charge in [-0.1, -0.05) is 105 Å². The number of thioether (sulfide) groups is 1. The van der Waals surface area contributed by atoms with E-state index in [1.807, 2.05) is 74.5 Å². The Hall–Kier alpha value is -4.90. The Morgan fingerprint density at radius 2 is 1.44 bits per heavy atom. The molecule has 1 fully saturated rings. The van der Waals surface area contributed by atoms with E-state index in [9.17, 15) is 29.1 Å². The summed E-state index contributed by atoms with van der Waals surface area (Å²) in [5, 5.41) is 13.9. The lowest BCUT2D eigenvalue weighted by atomic mass is 9.88. The number of nitrogens with one attached hydrogen (secondary N) is 1. The fourth-order valence-corrected chi connectivity index (χ4v) is 6.10. The van der Waals surface area contributed by atoms with E-state index < -0.39 is 54.4 Å². The van der Waals surface area contributed by atoms with Gasteiger partial charge in [0.15, 0.2) is 12.0 Å². The highest BCUT2D eigenvalue weighted by Crippen LogP contribution is 2.32. The number of β-lactam (4-membered cyclic amide) rings is 1. The fraction of sp³-hybridized carbons (Fsp3) is 0.324. The van der Waals surface area contributed by atoms with E-state index in [4.69, 9.17) is 9.47 Å². The molecule has 10 nitrogen and oxygen atoms in total. The number of rotatable bonds is 16. The summed E-state index contributed by atoms with van der Waals surface area (Å²) in [6.07, 6.45) is -0.620. The average Bonchev–Trinajstić information content (AvgIpc) is 3.08. The standard InChI is InChI=1S/C37H40N2O8S/c1-24(2)22-46-30(42)19-20-48-23-25(3)33-32(36(44)39(33)21-29(40)41)38-35(43)31(26-13-7-4-8-14-26)37(45)47-34(27-15-9-5-10-16-27)28-17-11-6-12-18-28/h4-18,23-24,31-34H,19-22H2,1-3H3,(H,38,43)(H,40,41). The number of hydrogen-bond donors (Lipinski definition) is 2. The predicted molar refractivity (Wildman–Crippen MR) is 182 cm³/mol. The third-order valence-corrected chi connectivity index (χ3v) is 8.59. The predicted octanol–water partition coefficient (Wildman–Crippen LogP) is 5.11. The molecule has 0 bridgehead atoms. The lowest BCUT2D eigenvalue weighted by molar-refractivity contribution is -0.159. The number of carbonyl (C=O) groups excluding carboxylic acids is 4. The molecule has 0 spiro atoms. The van der Waals surface area contributed by atoms with Crippen LogP contribution in [0.15, 0.2) is 102 Å². The minimum absolute atomic E-state index is 0.178. The van der Waals surface area contributed by atoms with Gasteiger partial charge in [0.05, 0.1) is 19.1 Å². The summed E-state index contributed by atoms with van der Waals surface area (Å²) >= 11 is 1.32. The van der Waals surface area contributed by atoms with Gasteiger partial charge in [-0.15, -0.1) is 11.8 Å². The highest BCUT2D eigenvalue weighted by Gasteiger charge is 2.50. The summed E-state index contributed by atoms with van der Waals surface area (Å²) in [4.78, 5) is 65.8. The van der Waals surface area contributed by atoms with Gasteiger partial charge in [-0.3, -0.25) is 24.0 Å². The second kappa shape index (κ2) is 17.3. The van der Waals surface area contributed by atoms with Gasteiger partial charge in [-0.25, -0.2) is 0 Å². The zero-order chi connectivity index (χ0) is 34.6. The van der Waals surface area contributed by atoms with Crippen molar-refractivity contribution < 1.29 is 38.6 Å². The molecule has 3 unspecified atom stereocenters. The Morgan fingerprint density at radius 1 is 0.896 bits per heavy atom. The molecule has 0 saturated carbocycles. The molecule has 11 heteroatoms. The van der Waals surface area contributed by atoms with Crippen molar-refractivity contribution in [1.29, 1.82) is 0 Å². The van der Waals surface area contributed by atoms with Crippen LogP contribution in [0.3, 0.4) is 0 Å². The Bertz CT molecular complexity index is 1560. The number of carboxylic acid groups (broad SMARTS) is 1. The summed E-state index contributed by atoms with van der Waals surface area (Å²) in [6, 6.07) is 24.9.